The van der Waals surface area contributed by atoms with E-state index in [-0.39, 0.29) is 5.91 Å². The maximum absolute atomic E-state index is 12.1. The molecule has 1 aliphatic carbocycles. The van der Waals surface area contributed by atoms with Crippen LogP contribution in [0, 0.1) is 17.3 Å². The first-order chi connectivity index (χ1) is 10.0. The second-order valence-corrected chi connectivity index (χ2v) is 7.47. The summed E-state index contributed by atoms with van der Waals surface area (Å²) in [5.74, 6) is 1.56. The second-order valence-electron chi connectivity index (χ2n) is 7.47. The fourth-order valence-corrected chi connectivity index (χ4v) is 3.94. The Morgan fingerprint density at radius 2 is 1.90 bits per heavy atom. The summed E-state index contributed by atoms with van der Waals surface area (Å²) < 4.78 is 0. The van der Waals surface area contributed by atoms with Gasteiger partial charge < -0.3 is 11.1 Å². The van der Waals surface area contributed by atoms with Gasteiger partial charge in [-0.2, -0.15) is 0 Å². The Bertz CT molecular complexity index is 296. The van der Waals surface area contributed by atoms with Gasteiger partial charge in [0.1, 0.15) is 0 Å². The Balaban J connectivity index is 2.33. The summed E-state index contributed by atoms with van der Waals surface area (Å²) in [6.07, 6.45) is 10.3. The molecule has 1 rings (SSSR count). The molecule has 1 atom stereocenters. The summed E-state index contributed by atoms with van der Waals surface area (Å²) in [6.45, 7) is 8.39. The first-order valence-electron chi connectivity index (χ1n) is 8.98. The van der Waals surface area contributed by atoms with E-state index in [0.717, 1.165) is 32.4 Å². The van der Waals surface area contributed by atoms with Crippen LogP contribution in [0.4, 0.5) is 0 Å². The molecule has 1 saturated carbocycles. The van der Waals surface area contributed by atoms with Crippen molar-refractivity contribution in [2.75, 3.05) is 13.1 Å². The number of amides is 1. The number of nitrogens with two attached hydrogens (primary N) is 1. The van der Waals surface area contributed by atoms with E-state index in [1.165, 1.54) is 32.1 Å². The summed E-state index contributed by atoms with van der Waals surface area (Å²) in [5, 5.41) is 3.22. The highest BCUT2D eigenvalue weighted by molar-refractivity contribution is 5.75. The van der Waals surface area contributed by atoms with Crippen LogP contribution in [-0.4, -0.2) is 19.0 Å². The summed E-state index contributed by atoms with van der Waals surface area (Å²) >= 11 is 0. The van der Waals surface area contributed by atoms with E-state index in [4.69, 9.17) is 5.73 Å². The molecular formula is C18H36N2O. The SMILES string of the molecule is CCC(CCN)CCC(=O)NCC1(CC(C)C)CCCC1. The van der Waals surface area contributed by atoms with Crippen molar-refractivity contribution in [3.8, 4) is 0 Å². The molecule has 3 N–H and O–H groups in total. The third kappa shape index (κ3) is 6.82. The highest BCUT2D eigenvalue weighted by Crippen LogP contribution is 2.42. The van der Waals surface area contributed by atoms with Crippen molar-refractivity contribution >= 4 is 5.91 Å². The zero-order valence-electron chi connectivity index (χ0n) is 14.4. The highest BCUT2D eigenvalue weighted by atomic mass is 16.1. The van der Waals surface area contributed by atoms with Crippen LogP contribution in [0.3, 0.4) is 0 Å². The lowest BCUT2D eigenvalue weighted by molar-refractivity contribution is -0.122. The van der Waals surface area contributed by atoms with E-state index in [0.29, 0.717) is 23.7 Å². The van der Waals surface area contributed by atoms with Gasteiger partial charge >= 0.3 is 0 Å². The molecule has 3 nitrogen and oxygen atoms in total. The lowest BCUT2D eigenvalue weighted by atomic mass is 9.78. The van der Waals surface area contributed by atoms with E-state index in [9.17, 15) is 4.79 Å². The minimum atomic E-state index is 0.237. The summed E-state index contributed by atoms with van der Waals surface area (Å²) in [6, 6.07) is 0. The van der Waals surface area contributed by atoms with Crippen LogP contribution in [0.2, 0.25) is 0 Å². The van der Waals surface area contributed by atoms with Gasteiger partial charge in [0, 0.05) is 13.0 Å². The van der Waals surface area contributed by atoms with Crippen LogP contribution in [0.15, 0.2) is 0 Å². The van der Waals surface area contributed by atoms with Crippen molar-refractivity contribution in [3.05, 3.63) is 0 Å². The second kappa shape index (κ2) is 9.45. The average Bonchev–Trinajstić information content (AvgIpc) is 2.89. The molecule has 0 aromatic carbocycles. The number of rotatable bonds is 10. The molecule has 0 heterocycles. The summed E-state index contributed by atoms with van der Waals surface area (Å²) in [7, 11) is 0. The van der Waals surface area contributed by atoms with E-state index in [2.05, 4.69) is 26.1 Å². The van der Waals surface area contributed by atoms with Crippen LogP contribution < -0.4 is 11.1 Å². The Hall–Kier alpha value is -0.570. The largest absolute Gasteiger partial charge is 0.356 e. The first-order valence-corrected chi connectivity index (χ1v) is 8.98. The van der Waals surface area contributed by atoms with Gasteiger partial charge in [0.2, 0.25) is 5.91 Å². The van der Waals surface area contributed by atoms with Gasteiger partial charge in [0.25, 0.3) is 0 Å². The predicted octanol–water partition coefficient (Wildman–Crippen LogP) is 3.86. The van der Waals surface area contributed by atoms with Gasteiger partial charge in [0.15, 0.2) is 0 Å². The fourth-order valence-electron chi connectivity index (χ4n) is 3.94. The van der Waals surface area contributed by atoms with E-state index in [1.54, 1.807) is 0 Å². The number of hydrogen-bond donors (Lipinski definition) is 2. The van der Waals surface area contributed by atoms with Crippen LogP contribution in [0.25, 0.3) is 0 Å². The number of carbonyl (C=O) groups is 1. The van der Waals surface area contributed by atoms with Gasteiger partial charge in [-0.3, -0.25) is 4.79 Å². The van der Waals surface area contributed by atoms with Crippen molar-refractivity contribution in [2.24, 2.45) is 23.0 Å². The van der Waals surface area contributed by atoms with Crippen molar-refractivity contribution in [1.29, 1.82) is 0 Å². The maximum atomic E-state index is 12.1. The lowest BCUT2D eigenvalue weighted by Gasteiger charge is -2.31. The third-order valence-corrected chi connectivity index (χ3v) is 5.10. The summed E-state index contributed by atoms with van der Waals surface area (Å²) in [5.41, 5.74) is 6.00. The van der Waals surface area contributed by atoms with E-state index in [1.807, 2.05) is 0 Å². The zero-order valence-corrected chi connectivity index (χ0v) is 14.4. The Morgan fingerprint density at radius 1 is 1.24 bits per heavy atom. The predicted molar refractivity (Wildman–Crippen MR) is 90.1 cm³/mol. The Labute approximate surface area is 131 Å². The van der Waals surface area contributed by atoms with Crippen LogP contribution in [-0.2, 0) is 4.79 Å². The van der Waals surface area contributed by atoms with Crippen molar-refractivity contribution in [1.82, 2.24) is 5.32 Å². The molecule has 0 aromatic rings. The molecule has 0 radical (unpaired) electrons. The van der Waals surface area contributed by atoms with Crippen molar-refractivity contribution < 1.29 is 4.79 Å². The average molecular weight is 296 g/mol. The molecule has 1 fully saturated rings. The minimum Gasteiger partial charge on any atom is -0.356 e. The molecular weight excluding hydrogens is 260 g/mol. The maximum Gasteiger partial charge on any atom is 0.220 e. The topological polar surface area (TPSA) is 55.1 Å². The molecule has 1 unspecified atom stereocenters. The van der Waals surface area contributed by atoms with Crippen molar-refractivity contribution in [3.63, 3.8) is 0 Å². The highest BCUT2D eigenvalue weighted by Gasteiger charge is 2.34. The third-order valence-electron chi connectivity index (χ3n) is 5.10. The number of hydrogen-bond acceptors (Lipinski definition) is 2. The monoisotopic (exact) mass is 296 g/mol. The Kier molecular flexibility index (Phi) is 8.31. The molecule has 0 aromatic heterocycles. The van der Waals surface area contributed by atoms with Crippen LogP contribution in [0.5, 0.6) is 0 Å². The van der Waals surface area contributed by atoms with E-state index < -0.39 is 0 Å². The first kappa shape index (κ1) is 18.5. The minimum absolute atomic E-state index is 0.237. The number of carbonyl (C=O) groups excluding carboxylic acids is 1. The van der Waals surface area contributed by atoms with Gasteiger partial charge in [-0.25, -0.2) is 0 Å². The fraction of sp³-hybridized carbons (Fsp3) is 0.944. The van der Waals surface area contributed by atoms with Crippen molar-refractivity contribution in [2.45, 2.75) is 78.6 Å². The normalized spacial score (nSPS) is 18.9. The molecule has 1 aliphatic rings. The number of nitrogens with one attached hydrogen (secondary N) is 1. The van der Waals surface area contributed by atoms with Gasteiger partial charge in [0.05, 0.1) is 0 Å². The van der Waals surface area contributed by atoms with Crippen LogP contribution >= 0.6 is 0 Å². The lowest BCUT2D eigenvalue weighted by Crippen LogP contribution is -2.37. The van der Waals surface area contributed by atoms with E-state index >= 15 is 0 Å². The molecule has 124 valence electrons. The molecule has 0 spiro atoms. The molecule has 3 heteroatoms. The molecule has 21 heavy (non-hydrogen) atoms. The quantitative estimate of drug-likeness (QED) is 0.643. The van der Waals surface area contributed by atoms with Gasteiger partial charge in [-0.1, -0.05) is 40.0 Å². The Morgan fingerprint density at radius 3 is 2.43 bits per heavy atom. The zero-order chi connectivity index (χ0) is 15.7. The standard InChI is InChI=1S/C18H36N2O/c1-4-16(9-12-19)7-8-17(21)20-14-18(13-15(2)3)10-5-6-11-18/h15-16H,4-14,19H2,1-3H3,(H,20,21). The smallest absolute Gasteiger partial charge is 0.220 e. The summed E-state index contributed by atoms with van der Waals surface area (Å²) in [4.78, 5) is 12.1. The molecule has 0 aliphatic heterocycles. The molecule has 1 amide bonds. The van der Waals surface area contributed by atoms with Gasteiger partial charge in [-0.15, -0.1) is 0 Å². The molecule has 0 saturated heterocycles. The van der Waals surface area contributed by atoms with Crippen LogP contribution in [0.1, 0.15) is 78.6 Å². The van der Waals surface area contributed by atoms with Gasteiger partial charge in [-0.05, 0) is 55.9 Å². The molecule has 0 bridgehead atoms.